The van der Waals surface area contributed by atoms with E-state index >= 15 is 0 Å². The first-order valence-electron chi connectivity index (χ1n) is 7.30. The summed E-state index contributed by atoms with van der Waals surface area (Å²) in [5.74, 6) is 1.68. The summed E-state index contributed by atoms with van der Waals surface area (Å²) in [7, 11) is 9.64. The smallest absolute Gasteiger partial charge is 0.123 e. The van der Waals surface area contributed by atoms with Gasteiger partial charge in [0, 0.05) is 12.1 Å². The Morgan fingerprint density at radius 1 is 1.10 bits per heavy atom. The van der Waals surface area contributed by atoms with Crippen molar-refractivity contribution in [2.45, 2.75) is 12.5 Å². The molecule has 1 unspecified atom stereocenters. The molecule has 0 spiro atoms. The number of benzene rings is 1. The van der Waals surface area contributed by atoms with Gasteiger partial charge in [-0.15, -0.1) is 0 Å². The molecular formula is C16H29N3O2. The first-order valence-corrected chi connectivity index (χ1v) is 7.30. The molecule has 1 aromatic rings. The Morgan fingerprint density at radius 3 is 2.33 bits per heavy atom. The standard InChI is InChI=1S/C16H29N3O2/c1-18(2)9-6-10-19(3)15(12-17)14-11-13(20-4)7-8-16(14)21-5/h7-8,11,15H,6,9-10,12,17H2,1-5H3. The minimum absolute atomic E-state index is 0.122. The number of rotatable bonds is 9. The van der Waals surface area contributed by atoms with E-state index in [2.05, 4.69) is 30.9 Å². The first-order chi connectivity index (χ1) is 10.0. The molecule has 120 valence electrons. The molecule has 0 saturated heterocycles. The molecule has 5 nitrogen and oxygen atoms in total. The van der Waals surface area contributed by atoms with E-state index in [4.69, 9.17) is 15.2 Å². The quantitative estimate of drug-likeness (QED) is 0.750. The lowest BCUT2D eigenvalue weighted by Crippen LogP contribution is -2.32. The maximum absolute atomic E-state index is 6.00. The summed E-state index contributed by atoms with van der Waals surface area (Å²) in [6.07, 6.45) is 1.10. The van der Waals surface area contributed by atoms with Crippen molar-refractivity contribution < 1.29 is 9.47 Å². The number of methoxy groups -OCH3 is 2. The van der Waals surface area contributed by atoms with Crippen LogP contribution in [0, 0.1) is 0 Å². The van der Waals surface area contributed by atoms with Gasteiger partial charge < -0.3 is 20.1 Å². The van der Waals surface area contributed by atoms with Crippen molar-refractivity contribution >= 4 is 0 Å². The van der Waals surface area contributed by atoms with E-state index in [1.807, 2.05) is 18.2 Å². The molecule has 0 aliphatic rings. The summed E-state index contributed by atoms with van der Waals surface area (Å²) in [4.78, 5) is 4.47. The first kappa shape index (κ1) is 17.8. The van der Waals surface area contributed by atoms with Gasteiger partial charge >= 0.3 is 0 Å². The van der Waals surface area contributed by atoms with Crippen LogP contribution in [0.1, 0.15) is 18.0 Å². The highest BCUT2D eigenvalue weighted by Gasteiger charge is 2.20. The number of nitrogens with zero attached hydrogens (tertiary/aromatic N) is 2. The Balaban J connectivity index is 2.87. The van der Waals surface area contributed by atoms with Crippen molar-refractivity contribution in [3.63, 3.8) is 0 Å². The predicted octanol–water partition coefficient (Wildman–Crippen LogP) is 1.59. The van der Waals surface area contributed by atoms with Crippen molar-refractivity contribution in [1.82, 2.24) is 9.80 Å². The van der Waals surface area contributed by atoms with Crippen LogP contribution in [0.5, 0.6) is 11.5 Å². The summed E-state index contributed by atoms with van der Waals surface area (Å²) in [5, 5.41) is 0. The second-order valence-corrected chi connectivity index (χ2v) is 5.50. The maximum atomic E-state index is 6.00. The van der Waals surface area contributed by atoms with Gasteiger partial charge in [0.2, 0.25) is 0 Å². The molecule has 0 aliphatic heterocycles. The van der Waals surface area contributed by atoms with Crippen LogP contribution >= 0.6 is 0 Å². The number of likely N-dealkylation sites (N-methyl/N-ethyl adjacent to an activating group) is 1. The van der Waals surface area contributed by atoms with E-state index in [1.165, 1.54) is 0 Å². The Hall–Kier alpha value is -1.30. The molecule has 0 saturated carbocycles. The van der Waals surface area contributed by atoms with Crippen LogP contribution in [0.25, 0.3) is 0 Å². The van der Waals surface area contributed by atoms with E-state index in [9.17, 15) is 0 Å². The SMILES string of the molecule is COc1ccc(OC)c(C(CN)N(C)CCCN(C)C)c1. The summed E-state index contributed by atoms with van der Waals surface area (Å²) < 4.78 is 10.8. The fourth-order valence-electron chi connectivity index (χ4n) is 2.44. The normalized spacial score (nSPS) is 12.8. The molecule has 1 aromatic carbocycles. The van der Waals surface area contributed by atoms with E-state index in [-0.39, 0.29) is 6.04 Å². The summed E-state index contributed by atoms with van der Waals surface area (Å²) in [6.45, 7) is 2.60. The Bertz CT molecular complexity index is 424. The van der Waals surface area contributed by atoms with Gasteiger partial charge in [-0.25, -0.2) is 0 Å². The van der Waals surface area contributed by atoms with Gasteiger partial charge in [-0.3, -0.25) is 4.90 Å². The van der Waals surface area contributed by atoms with Crippen molar-refractivity contribution in [2.75, 3.05) is 55.0 Å². The van der Waals surface area contributed by atoms with Crippen LogP contribution in [0.3, 0.4) is 0 Å². The Morgan fingerprint density at radius 2 is 1.81 bits per heavy atom. The summed E-state index contributed by atoms with van der Waals surface area (Å²) in [6, 6.07) is 5.97. The zero-order chi connectivity index (χ0) is 15.8. The summed E-state index contributed by atoms with van der Waals surface area (Å²) in [5.41, 5.74) is 7.08. The largest absolute Gasteiger partial charge is 0.497 e. The monoisotopic (exact) mass is 295 g/mol. The van der Waals surface area contributed by atoms with Gasteiger partial charge in [0.05, 0.1) is 20.3 Å². The van der Waals surface area contributed by atoms with Crippen molar-refractivity contribution in [1.29, 1.82) is 0 Å². The Labute approximate surface area is 128 Å². The van der Waals surface area contributed by atoms with Gasteiger partial charge in [0.1, 0.15) is 11.5 Å². The third-order valence-corrected chi connectivity index (χ3v) is 3.67. The van der Waals surface area contributed by atoms with Crippen molar-refractivity contribution in [3.05, 3.63) is 23.8 Å². The lowest BCUT2D eigenvalue weighted by atomic mass is 10.0. The van der Waals surface area contributed by atoms with Crippen LogP contribution in [0.15, 0.2) is 18.2 Å². The van der Waals surface area contributed by atoms with E-state index in [0.717, 1.165) is 36.6 Å². The zero-order valence-corrected chi connectivity index (χ0v) is 13.9. The molecule has 0 amide bonds. The lowest BCUT2D eigenvalue weighted by Gasteiger charge is -2.29. The molecule has 2 N–H and O–H groups in total. The average Bonchev–Trinajstić information content (AvgIpc) is 2.47. The molecule has 0 aromatic heterocycles. The highest BCUT2D eigenvalue weighted by Crippen LogP contribution is 2.31. The zero-order valence-electron chi connectivity index (χ0n) is 13.9. The van der Waals surface area contributed by atoms with E-state index in [1.54, 1.807) is 14.2 Å². The summed E-state index contributed by atoms with van der Waals surface area (Å²) >= 11 is 0. The minimum Gasteiger partial charge on any atom is -0.497 e. The molecule has 21 heavy (non-hydrogen) atoms. The number of ether oxygens (including phenoxy) is 2. The molecule has 0 bridgehead atoms. The van der Waals surface area contributed by atoms with Gasteiger partial charge in [0.25, 0.3) is 0 Å². The number of hydrogen-bond donors (Lipinski definition) is 1. The fraction of sp³-hybridized carbons (Fsp3) is 0.625. The molecule has 0 radical (unpaired) electrons. The molecule has 0 aliphatic carbocycles. The molecule has 0 fully saturated rings. The number of nitrogens with two attached hydrogens (primary N) is 1. The highest BCUT2D eigenvalue weighted by atomic mass is 16.5. The third-order valence-electron chi connectivity index (χ3n) is 3.67. The predicted molar refractivity (Wildman–Crippen MR) is 87.1 cm³/mol. The van der Waals surface area contributed by atoms with Crippen LogP contribution < -0.4 is 15.2 Å². The Kier molecular flexibility index (Phi) is 7.50. The fourth-order valence-corrected chi connectivity index (χ4v) is 2.44. The molecule has 5 heteroatoms. The average molecular weight is 295 g/mol. The van der Waals surface area contributed by atoms with Crippen molar-refractivity contribution in [2.24, 2.45) is 5.73 Å². The molecule has 1 atom stereocenters. The minimum atomic E-state index is 0.122. The highest BCUT2D eigenvalue weighted by molar-refractivity contribution is 5.42. The van der Waals surface area contributed by atoms with Crippen LogP contribution in [0.2, 0.25) is 0 Å². The van der Waals surface area contributed by atoms with E-state index < -0.39 is 0 Å². The maximum Gasteiger partial charge on any atom is 0.123 e. The second-order valence-electron chi connectivity index (χ2n) is 5.50. The van der Waals surface area contributed by atoms with Crippen molar-refractivity contribution in [3.8, 4) is 11.5 Å². The molecule has 0 heterocycles. The second kappa shape index (κ2) is 8.87. The number of hydrogen-bond acceptors (Lipinski definition) is 5. The topological polar surface area (TPSA) is 51.0 Å². The van der Waals surface area contributed by atoms with Gasteiger partial charge in [-0.1, -0.05) is 0 Å². The van der Waals surface area contributed by atoms with Gasteiger partial charge in [-0.05, 0) is 58.9 Å². The van der Waals surface area contributed by atoms with Gasteiger partial charge in [0.15, 0.2) is 0 Å². The van der Waals surface area contributed by atoms with Crippen LogP contribution in [-0.4, -0.2) is 64.8 Å². The lowest BCUT2D eigenvalue weighted by molar-refractivity contribution is 0.230. The van der Waals surface area contributed by atoms with Gasteiger partial charge in [-0.2, -0.15) is 0 Å². The molecular weight excluding hydrogens is 266 g/mol. The van der Waals surface area contributed by atoms with Crippen LogP contribution in [0.4, 0.5) is 0 Å². The van der Waals surface area contributed by atoms with E-state index in [0.29, 0.717) is 6.54 Å². The third kappa shape index (κ3) is 5.19. The van der Waals surface area contributed by atoms with Crippen LogP contribution in [-0.2, 0) is 0 Å². The molecule has 1 rings (SSSR count).